The molecule has 1 aromatic heterocycles. The predicted molar refractivity (Wildman–Crippen MR) is 128 cm³/mol. The monoisotopic (exact) mass is 478 g/mol. The number of hydrogen-bond donors (Lipinski definition) is 1. The Morgan fingerprint density at radius 1 is 1.19 bits per heavy atom. The van der Waals surface area contributed by atoms with Crippen molar-refractivity contribution in [2.75, 3.05) is 23.0 Å². The van der Waals surface area contributed by atoms with E-state index >= 15 is 0 Å². The van der Waals surface area contributed by atoms with Crippen LogP contribution >= 0.6 is 11.3 Å². The van der Waals surface area contributed by atoms with E-state index in [1.54, 1.807) is 19.1 Å². The lowest BCUT2D eigenvalue weighted by molar-refractivity contribution is -0.117. The number of hydrogen-bond acceptors (Lipinski definition) is 6. The van der Waals surface area contributed by atoms with Crippen molar-refractivity contribution in [1.29, 1.82) is 0 Å². The number of esters is 1. The minimum atomic E-state index is -3.75. The number of amides is 1. The first-order valence-electron chi connectivity index (χ1n) is 10.7. The Morgan fingerprint density at radius 2 is 1.88 bits per heavy atom. The Balaban J connectivity index is 2.00. The number of anilines is 2. The van der Waals surface area contributed by atoms with E-state index in [4.69, 9.17) is 4.74 Å². The maximum atomic E-state index is 13.4. The molecule has 9 heteroatoms. The van der Waals surface area contributed by atoms with Gasteiger partial charge in [0, 0.05) is 4.88 Å². The summed E-state index contributed by atoms with van der Waals surface area (Å²) in [5.41, 5.74) is 3.74. The summed E-state index contributed by atoms with van der Waals surface area (Å²) in [6.45, 7) is 5.62. The molecule has 1 atom stereocenters. The minimum absolute atomic E-state index is 0.268. The molecule has 7 nitrogen and oxygen atoms in total. The number of ether oxygens (including phenoxy) is 1. The summed E-state index contributed by atoms with van der Waals surface area (Å²) in [6.07, 6.45) is 5.00. The van der Waals surface area contributed by atoms with Crippen LogP contribution in [0.1, 0.15) is 58.1 Å². The zero-order valence-electron chi connectivity index (χ0n) is 19.1. The van der Waals surface area contributed by atoms with Crippen molar-refractivity contribution in [3.05, 3.63) is 45.3 Å². The Labute approximate surface area is 193 Å². The van der Waals surface area contributed by atoms with E-state index in [0.717, 1.165) is 53.5 Å². The number of rotatable bonds is 7. The normalized spacial score (nSPS) is 14.4. The van der Waals surface area contributed by atoms with E-state index in [-0.39, 0.29) is 6.42 Å². The molecule has 3 rings (SSSR count). The Hall–Kier alpha value is -2.39. The smallest absolute Gasteiger partial charge is 0.341 e. The molecule has 1 aromatic carbocycles. The van der Waals surface area contributed by atoms with Gasteiger partial charge in [-0.05, 0) is 74.8 Å². The number of nitrogens with one attached hydrogen (secondary N) is 1. The maximum Gasteiger partial charge on any atom is 0.341 e. The van der Waals surface area contributed by atoms with Crippen molar-refractivity contribution in [3.8, 4) is 0 Å². The molecule has 0 saturated heterocycles. The number of methoxy groups -OCH3 is 1. The van der Waals surface area contributed by atoms with Gasteiger partial charge in [0.25, 0.3) is 0 Å². The van der Waals surface area contributed by atoms with Crippen molar-refractivity contribution in [2.45, 2.75) is 58.9 Å². The zero-order valence-corrected chi connectivity index (χ0v) is 20.8. The average Bonchev–Trinajstić information content (AvgIpc) is 3.10. The summed E-state index contributed by atoms with van der Waals surface area (Å²) in [5, 5.41) is 3.29. The van der Waals surface area contributed by atoms with Crippen molar-refractivity contribution in [2.24, 2.45) is 0 Å². The van der Waals surface area contributed by atoms with Gasteiger partial charge in [-0.2, -0.15) is 0 Å². The van der Waals surface area contributed by atoms with Crippen LogP contribution in [-0.4, -0.2) is 39.7 Å². The third-order valence-corrected chi connectivity index (χ3v) is 8.26. The fourth-order valence-electron chi connectivity index (χ4n) is 4.09. The van der Waals surface area contributed by atoms with Crippen molar-refractivity contribution >= 4 is 43.9 Å². The fourth-order valence-corrected chi connectivity index (χ4v) is 6.57. The largest absolute Gasteiger partial charge is 0.465 e. The second-order valence-electron chi connectivity index (χ2n) is 8.15. The van der Waals surface area contributed by atoms with Crippen molar-refractivity contribution < 1.29 is 22.7 Å². The maximum absolute atomic E-state index is 13.4. The first kappa shape index (κ1) is 24.3. The topological polar surface area (TPSA) is 92.8 Å². The van der Waals surface area contributed by atoms with Gasteiger partial charge in [-0.3, -0.25) is 9.10 Å². The number of nitrogens with zero attached hydrogens (tertiary/aromatic N) is 1. The van der Waals surface area contributed by atoms with E-state index in [2.05, 4.69) is 5.32 Å². The summed E-state index contributed by atoms with van der Waals surface area (Å²) in [4.78, 5) is 26.9. The van der Waals surface area contributed by atoms with Gasteiger partial charge < -0.3 is 10.1 Å². The molecule has 0 saturated carbocycles. The highest BCUT2D eigenvalue weighted by molar-refractivity contribution is 7.92. The quantitative estimate of drug-likeness (QED) is 0.602. The van der Waals surface area contributed by atoms with Gasteiger partial charge in [-0.15, -0.1) is 11.3 Å². The van der Waals surface area contributed by atoms with Gasteiger partial charge in [0.1, 0.15) is 11.0 Å². The molecule has 0 fully saturated rings. The molecule has 174 valence electrons. The van der Waals surface area contributed by atoms with Crippen LogP contribution in [0.25, 0.3) is 0 Å². The average molecular weight is 479 g/mol. The summed E-state index contributed by atoms with van der Waals surface area (Å²) in [7, 11) is -2.43. The molecule has 0 aliphatic heterocycles. The van der Waals surface area contributed by atoms with E-state index < -0.39 is 27.9 Å². The van der Waals surface area contributed by atoms with Crippen LogP contribution in [0.2, 0.25) is 0 Å². The molecule has 0 radical (unpaired) electrons. The van der Waals surface area contributed by atoms with Crippen LogP contribution in [-0.2, 0) is 32.4 Å². The molecule has 0 bridgehead atoms. The number of aryl methyl sites for hydroxylation is 3. The molecule has 1 aliphatic rings. The summed E-state index contributed by atoms with van der Waals surface area (Å²) in [5.74, 6) is -0.957. The van der Waals surface area contributed by atoms with Crippen LogP contribution in [0.4, 0.5) is 10.7 Å². The third kappa shape index (κ3) is 4.83. The highest BCUT2D eigenvalue weighted by atomic mass is 32.2. The van der Waals surface area contributed by atoms with E-state index in [1.165, 1.54) is 22.8 Å². The van der Waals surface area contributed by atoms with Crippen LogP contribution < -0.4 is 9.62 Å². The van der Waals surface area contributed by atoms with Gasteiger partial charge in [-0.1, -0.05) is 13.0 Å². The second kappa shape index (κ2) is 9.62. The first-order chi connectivity index (χ1) is 15.1. The van der Waals surface area contributed by atoms with Gasteiger partial charge in [0.15, 0.2) is 0 Å². The second-order valence-corrected chi connectivity index (χ2v) is 11.1. The van der Waals surface area contributed by atoms with E-state index in [0.29, 0.717) is 16.3 Å². The number of benzene rings is 1. The van der Waals surface area contributed by atoms with E-state index in [9.17, 15) is 18.0 Å². The van der Waals surface area contributed by atoms with Crippen molar-refractivity contribution in [3.63, 3.8) is 0 Å². The molecule has 1 amide bonds. The van der Waals surface area contributed by atoms with Gasteiger partial charge >= 0.3 is 5.97 Å². The predicted octanol–water partition coefficient (Wildman–Crippen LogP) is 4.21. The lowest BCUT2D eigenvalue weighted by Crippen LogP contribution is -2.47. The van der Waals surface area contributed by atoms with Gasteiger partial charge in [-0.25, -0.2) is 13.2 Å². The van der Waals surface area contributed by atoms with Crippen molar-refractivity contribution in [1.82, 2.24) is 0 Å². The molecule has 1 unspecified atom stereocenters. The van der Waals surface area contributed by atoms with Gasteiger partial charge in [0.2, 0.25) is 15.9 Å². The van der Waals surface area contributed by atoms with Crippen LogP contribution in [0.15, 0.2) is 18.2 Å². The molecule has 32 heavy (non-hydrogen) atoms. The Bertz CT molecular complexity index is 1140. The highest BCUT2D eigenvalue weighted by Gasteiger charge is 2.34. The molecular weight excluding hydrogens is 448 g/mol. The molecule has 2 aromatic rings. The van der Waals surface area contributed by atoms with Crippen LogP contribution in [0, 0.1) is 13.8 Å². The van der Waals surface area contributed by atoms with Crippen LogP contribution in [0.3, 0.4) is 0 Å². The number of carbonyl (C=O) groups excluding carboxylic acids is 2. The molecular formula is C23H30N2O5S2. The molecule has 1 N–H and O–H groups in total. The number of thiophene rings is 1. The van der Waals surface area contributed by atoms with E-state index in [1.807, 2.05) is 19.9 Å². The third-order valence-electron chi connectivity index (χ3n) is 5.87. The number of carbonyl (C=O) groups is 2. The SMILES string of the molecule is CCC(C(=O)Nc1sc2c(c1C(=O)OC)CCCC2)N(c1ccc(C)c(C)c1)S(C)(=O)=O. The number of fused-ring (bicyclic) bond motifs is 1. The Morgan fingerprint density at radius 3 is 2.47 bits per heavy atom. The summed E-state index contributed by atoms with van der Waals surface area (Å²) >= 11 is 1.38. The minimum Gasteiger partial charge on any atom is -0.465 e. The summed E-state index contributed by atoms with van der Waals surface area (Å²) in [6, 6.07) is 4.37. The molecule has 0 spiro atoms. The fraction of sp³-hybridized carbons (Fsp3) is 0.478. The van der Waals surface area contributed by atoms with Gasteiger partial charge in [0.05, 0.1) is 24.6 Å². The van der Waals surface area contributed by atoms with Crippen LogP contribution in [0.5, 0.6) is 0 Å². The Kier molecular flexibility index (Phi) is 7.29. The molecule has 1 heterocycles. The highest BCUT2D eigenvalue weighted by Crippen LogP contribution is 2.39. The summed E-state index contributed by atoms with van der Waals surface area (Å²) < 4.78 is 31.6. The molecule has 1 aliphatic carbocycles. The standard InChI is InChI=1S/C23H30N2O5S2/c1-6-18(25(32(5,28)29)16-12-11-14(2)15(3)13-16)21(26)24-22-20(23(27)30-4)17-9-7-8-10-19(17)31-22/h11-13,18H,6-10H2,1-5H3,(H,24,26). The first-order valence-corrected chi connectivity index (χ1v) is 13.3. The zero-order chi connectivity index (χ0) is 23.6. The lowest BCUT2D eigenvalue weighted by Gasteiger charge is -2.30. The number of sulfonamides is 1. The lowest BCUT2D eigenvalue weighted by atomic mass is 9.95.